The number of rotatable bonds is 6. The van der Waals surface area contributed by atoms with Crippen molar-refractivity contribution in [3.63, 3.8) is 0 Å². The molecule has 4 aromatic rings. The lowest BCUT2D eigenvalue weighted by atomic mass is 10.1. The maximum absolute atomic E-state index is 13.0. The summed E-state index contributed by atoms with van der Waals surface area (Å²) in [6, 6.07) is 20.6. The Bertz CT molecular complexity index is 1250. The van der Waals surface area contributed by atoms with E-state index in [-0.39, 0.29) is 5.82 Å². The fraction of sp³-hybridized carbons (Fsp3) is 0.160. The van der Waals surface area contributed by atoms with E-state index in [4.69, 9.17) is 16.3 Å². The number of aromatic nitrogens is 3. The van der Waals surface area contributed by atoms with Crippen LogP contribution in [0.4, 0.5) is 5.69 Å². The van der Waals surface area contributed by atoms with Gasteiger partial charge in [-0.1, -0.05) is 47.5 Å². The van der Waals surface area contributed by atoms with Crippen molar-refractivity contribution in [3.8, 4) is 22.8 Å². The van der Waals surface area contributed by atoms with Crippen LogP contribution in [-0.2, 0) is 0 Å². The summed E-state index contributed by atoms with van der Waals surface area (Å²) < 4.78 is 7.11. The molecule has 0 saturated heterocycles. The first-order chi connectivity index (χ1) is 15.4. The van der Waals surface area contributed by atoms with E-state index in [0.29, 0.717) is 23.1 Å². The van der Waals surface area contributed by atoms with Crippen molar-refractivity contribution >= 4 is 23.2 Å². The first-order valence-corrected chi connectivity index (χ1v) is 10.7. The van der Waals surface area contributed by atoms with Crippen LogP contribution in [0, 0.1) is 13.8 Å². The van der Waals surface area contributed by atoms with Gasteiger partial charge in [0.1, 0.15) is 5.75 Å². The summed E-state index contributed by atoms with van der Waals surface area (Å²) >= 11 is 6.25. The zero-order valence-electron chi connectivity index (χ0n) is 18.1. The molecule has 1 N–H and O–H groups in total. The van der Waals surface area contributed by atoms with Crippen LogP contribution in [0.3, 0.4) is 0 Å². The van der Waals surface area contributed by atoms with E-state index in [1.807, 2.05) is 63.2 Å². The molecule has 32 heavy (non-hydrogen) atoms. The highest BCUT2D eigenvalue weighted by atomic mass is 35.5. The predicted octanol–water partition coefficient (Wildman–Crippen LogP) is 5.86. The Balaban J connectivity index is 1.72. The molecule has 0 bridgehead atoms. The molecule has 3 aromatic carbocycles. The summed E-state index contributed by atoms with van der Waals surface area (Å²) in [5, 5.41) is 7.96. The van der Waals surface area contributed by atoms with Crippen molar-refractivity contribution in [2.75, 3.05) is 11.9 Å². The molecular weight excluding hydrogens is 424 g/mol. The van der Waals surface area contributed by atoms with Gasteiger partial charge in [0.2, 0.25) is 5.82 Å². The highest BCUT2D eigenvalue weighted by Gasteiger charge is 2.20. The van der Waals surface area contributed by atoms with Crippen LogP contribution in [0.2, 0.25) is 5.02 Å². The third-order valence-corrected chi connectivity index (χ3v) is 5.18. The second kappa shape index (κ2) is 9.24. The second-order valence-electron chi connectivity index (χ2n) is 7.38. The standard InChI is InChI=1S/C25H23ClN4O2/c1-4-32-21-13-11-20(12-14-21)27-25(31)23-28-24(18-8-5-16(2)6-9-18)30(29-23)22-15-19(26)10-7-17(22)3/h5-15H,4H2,1-3H3,(H,27,31). The van der Waals surface area contributed by atoms with Gasteiger partial charge in [-0.25, -0.2) is 9.67 Å². The quantitative estimate of drug-likeness (QED) is 0.403. The minimum atomic E-state index is -0.402. The molecule has 162 valence electrons. The SMILES string of the molecule is CCOc1ccc(NC(=O)c2nc(-c3ccc(C)cc3)n(-c3cc(Cl)ccc3C)n2)cc1. The van der Waals surface area contributed by atoms with Crippen LogP contribution < -0.4 is 10.1 Å². The van der Waals surface area contributed by atoms with Crippen molar-refractivity contribution in [2.45, 2.75) is 20.8 Å². The molecule has 0 aliphatic rings. The average molecular weight is 447 g/mol. The molecule has 0 saturated carbocycles. The first-order valence-electron chi connectivity index (χ1n) is 10.3. The molecule has 0 fully saturated rings. The number of hydrogen-bond donors (Lipinski definition) is 1. The van der Waals surface area contributed by atoms with Gasteiger partial charge >= 0.3 is 0 Å². The smallest absolute Gasteiger partial charge is 0.295 e. The molecule has 6 nitrogen and oxygen atoms in total. The number of carbonyl (C=O) groups excluding carboxylic acids is 1. The van der Waals surface area contributed by atoms with Gasteiger partial charge in [0.15, 0.2) is 5.82 Å². The van der Waals surface area contributed by atoms with E-state index >= 15 is 0 Å². The van der Waals surface area contributed by atoms with Crippen molar-refractivity contribution in [1.82, 2.24) is 14.8 Å². The lowest BCUT2D eigenvalue weighted by Gasteiger charge is -2.09. The Morgan fingerprint density at radius 2 is 1.75 bits per heavy atom. The van der Waals surface area contributed by atoms with Gasteiger partial charge in [0.25, 0.3) is 5.91 Å². The van der Waals surface area contributed by atoms with Crippen molar-refractivity contribution in [1.29, 1.82) is 0 Å². The third-order valence-electron chi connectivity index (χ3n) is 4.94. The first kappa shape index (κ1) is 21.6. The Labute approximate surface area is 191 Å². The second-order valence-corrected chi connectivity index (χ2v) is 7.82. The Hall–Kier alpha value is -3.64. The number of benzene rings is 3. The molecule has 1 heterocycles. The monoisotopic (exact) mass is 446 g/mol. The number of anilines is 1. The van der Waals surface area contributed by atoms with Crippen molar-refractivity contribution < 1.29 is 9.53 Å². The molecule has 1 amide bonds. The number of ether oxygens (including phenoxy) is 1. The van der Waals surface area contributed by atoms with Gasteiger partial charge in [0.05, 0.1) is 12.3 Å². The fourth-order valence-corrected chi connectivity index (χ4v) is 3.43. The number of halogens is 1. The van der Waals surface area contributed by atoms with Gasteiger partial charge in [-0.15, -0.1) is 5.10 Å². The molecule has 7 heteroatoms. The van der Waals surface area contributed by atoms with E-state index in [2.05, 4.69) is 15.4 Å². The van der Waals surface area contributed by atoms with Crippen LogP contribution in [0.15, 0.2) is 66.7 Å². The molecule has 0 spiro atoms. The van der Waals surface area contributed by atoms with E-state index < -0.39 is 5.91 Å². The summed E-state index contributed by atoms with van der Waals surface area (Å²) in [6.07, 6.45) is 0. The zero-order valence-corrected chi connectivity index (χ0v) is 18.8. The van der Waals surface area contributed by atoms with Gasteiger partial charge in [-0.2, -0.15) is 0 Å². The number of aryl methyl sites for hydroxylation is 2. The lowest BCUT2D eigenvalue weighted by Crippen LogP contribution is -2.14. The van der Waals surface area contributed by atoms with Crippen LogP contribution >= 0.6 is 11.6 Å². The van der Waals surface area contributed by atoms with E-state index in [0.717, 1.165) is 28.1 Å². The van der Waals surface area contributed by atoms with Crippen LogP contribution in [0.1, 0.15) is 28.7 Å². The lowest BCUT2D eigenvalue weighted by molar-refractivity contribution is 0.101. The van der Waals surface area contributed by atoms with Crippen LogP contribution in [0.5, 0.6) is 5.75 Å². The minimum absolute atomic E-state index is 0.0637. The van der Waals surface area contributed by atoms with Crippen molar-refractivity contribution in [3.05, 3.63) is 88.7 Å². The largest absolute Gasteiger partial charge is 0.494 e. The number of hydrogen-bond acceptors (Lipinski definition) is 4. The maximum Gasteiger partial charge on any atom is 0.295 e. The summed E-state index contributed by atoms with van der Waals surface area (Å²) in [5.74, 6) is 0.966. The molecule has 0 aliphatic heterocycles. The Kier molecular flexibility index (Phi) is 6.23. The Morgan fingerprint density at radius 3 is 2.44 bits per heavy atom. The average Bonchev–Trinajstić information content (AvgIpc) is 3.23. The summed E-state index contributed by atoms with van der Waals surface area (Å²) in [4.78, 5) is 17.5. The summed E-state index contributed by atoms with van der Waals surface area (Å²) in [6.45, 7) is 6.49. The highest BCUT2D eigenvalue weighted by molar-refractivity contribution is 6.30. The number of nitrogens with one attached hydrogen (secondary N) is 1. The Morgan fingerprint density at radius 1 is 1.03 bits per heavy atom. The summed E-state index contributed by atoms with van der Waals surface area (Å²) in [5.41, 5.74) is 4.34. The molecule has 1 aromatic heterocycles. The van der Waals surface area contributed by atoms with E-state index in [1.54, 1.807) is 28.9 Å². The van der Waals surface area contributed by atoms with Crippen LogP contribution in [0.25, 0.3) is 17.1 Å². The maximum atomic E-state index is 13.0. The number of nitrogens with zero attached hydrogens (tertiary/aromatic N) is 3. The molecule has 0 atom stereocenters. The fourth-order valence-electron chi connectivity index (χ4n) is 3.26. The molecule has 0 unspecified atom stereocenters. The van der Waals surface area contributed by atoms with Crippen LogP contribution in [-0.4, -0.2) is 27.3 Å². The van der Waals surface area contributed by atoms with Gasteiger partial charge in [0, 0.05) is 16.3 Å². The third kappa shape index (κ3) is 4.65. The highest BCUT2D eigenvalue weighted by Crippen LogP contribution is 2.26. The summed E-state index contributed by atoms with van der Waals surface area (Å²) in [7, 11) is 0. The normalized spacial score (nSPS) is 10.8. The topological polar surface area (TPSA) is 69.0 Å². The van der Waals surface area contributed by atoms with Gasteiger partial charge in [-0.3, -0.25) is 4.79 Å². The predicted molar refractivity (Wildman–Crippen MR) is 127 cm³/mol. The van der Waals surface area contributed by atoms with Crippen molar-refractivity contribution in [2.24, 2.45) is 0 Å². The molecule has 4 rings (SSSR count). The minimum Gasteiger partial charge on any atom is -0.494 e. The van der Waals surface area contributed by atoms with Gasteiger partial charge in [-0.05, 0) is 62.7 Å². The van der Waals surface area contributed by atoms with E-state index in [9.17, 15) is 4.79 Å². The number of carbonyl (C=O) groups is 1. The molecular formula is C25H23ClN4O2. The molecule has 0 aliphatic carbocycles. The van der Waals surface area contributed by atoms with E-state index in [1.165, 1.54) is 0 Å². The molecule has 0 radical (unpaired) electrons. The number of amides is 1. The zero-order chi connectivity index (χ0) is 22.7. The van der Waals surface area contributed by atoms with Gasteiger partial charge < -0.3 is 10.1 Å².